The van der Waals surface area contributed by atoms with Crippen molar-refractivity contribution in [3.05, 3.63) is 24.3 Å². The number of nitrogens with one attached hydrogen (secondary N) is 1. The number of amides is 1. The van der Waals surface area contributed by atoms with Crippen molar-refractivity contribution in [2.75, 3.05) is 33.4 Å². The number of rotatable bonds is 4. The Labute approximate surface area is 119 Å². The van der Waals surface area contributed by atoms with Gasteiger partial charge in [-0.15, -0.1) is 0 Å². The van der Waals surface area contributed by atoms with Gasteiger partial charge in [-0.3, -0.25) is 4.79 Å². The summed E-state index contributed by atoms with van der Waals surface area (Å²) in [6.45, 7) is 6.47. The Morgan fingerprint density at radius 1 is 1.35 bits per heavy atom. The predicted molar refractivity (Wildman–Crippen MR) is 77.2 cm³/mol. The Balaban J connectivity index is 1.98. The summed E-state index contributed by atoms with van der Waals surface area (Å²) < 4.78 is 10.8. The van der Waals surface area contributed by atoms with E-state index in [0.717, 1.165) is 13.1 Å². The molecule has 1 amide bonds. The number of hydrogen-bond acceptors (Lipinski definition) is 4. The number of carbonyl (C=O) groups excluding carboxylic acids is 1. The van der Waals surface area contributed by atoms with Gasteiger partial charge in [0, 0.05) is 25.2 Å². The molecule has 1 aromatic carbocycles. The molecule has 0 radical (unpaired) electrons. The molecule has 0 spiro atoms. The minimum atomic E-state index is -0.181. The van der Waals surface area contributed by atoms with Crippen LogP contribution in [0.25, 0.3) is 0 Å². The molecule has 0 bridgehead atoms. The fraction of sp³-hybridized carbons (Fsp3) is 0.533. The van der Waals surface area contributed by atoms with Gasteiger partial charge in [-0.1, -0.05) is 12.1 Å². The third-order valence-corrected chi connectivity index (χ3v) is 3.52. The maximum atomic E-state index is 12.3. The van der Waals surface area contributed by atoms with Crippen LogP contribution in [0.3, 0.4) is 0 Å². The first-order valence-electron chi connectivity index (χ1n) is 6.81. The summed E-state index contributed by atoms with van der Waals surface area (Å²) in [6, 6.07) is 7.34. The van der Waals surface area contributed by atoms with Crippen LogP contribution in [0.4, 0.5) is 0 Å². The monoisotopic (exact) mass is 278 g/mol. The molecule has 110 valence electrons. The van der Waals surface area contributed by atoms with E-state index in [2.05, 4.69) is 19.2 Å². The molecule has 0 atom stereocenters. The van der Waals surface area contributed by atoms with Gasteiger partial charge in [0.2, 0.25) is 0 Å². The van der Waals surface area contributed by atoms with E-state index in [0.29, 0.717) is 18.0 Å². The number of methoxy groups -OCH3 is 1. The van der Waals surface area contributed by atoms with Gasteiger partial charge in [0.25, 0.3) is 5.91 Å². The van der Waals surface area contributed by atoms with Crippen LogP contribution in [0.15, 0.2) is 24.3 Å². The van der Waals surface area contributed by atoms with Crippen molar-refractivity contribution in [2.24, 2.45) is 0 Å². The average molecular weight is 278 g/mol. The topological polar surface area (TPSA) is 50.8 Å². The molecule has 0 aliphatic carbocycles. The third kappa shape index (κ3) is 3.22. The van der Waals surface area contributed by atoms with Gasteiger partial charge >= 0.3 is 0 Å². The summed E-state index contributed by atoms with van der Waals surface area (Å²) >= 11 is 0. The van der Waals surface area contributed by atoms with E-state index in [-0.39, 0.29) is 18.1 Å². The molecule has 2 rings (SSSR count). The lowest BCUT2D eigenvalue weighted by Crippen LogP contribution is -2.60. The Kier molecular flexibility index (Phi) is 4.49. The maximum Gasteiger partial charge on any atom is 0.261 e. The molecule has 0 aromatic heterocycles. The zero-order chi connectivity index (χ0) is 14.6. The zero-order valence-electron chi connectivity index (χ0n) is 12.3. The summed E-state index contributed by atoms with van der Waals surface area (Å²) in [6.07, 6.45) is 0. The minimum absolute atomic E-state index is 0.00223. The highest BCUT2D eigenvalue weighted by molar-refractivity contribution is 5.78. The Morgan fingerprint density at radius 2 is 2.05 bits per heavy atom. The highest BCUT2D eigenvalue weighted by atomic mass is 16.5. The first-order chi connectivity index (χ1) is 9.54. The van der Waals surface area contributed by atoms with E-state index < -0.39 is 0 Å². The van der Waals surface area contributed by atoms with Crippen molar-refractivity contribution >= 4 is 5.91 Å². The third-order valence-electron chi connectivity index (χ3n) is 3.52. The fourth-order valence-corrected chi connectivity index (χ4v) is 2.40. The van der Waals surface area contributed by atoms with Gasteiger partial charge in [-0.05, 0) is 26.0 Å². The smallest absolute Gasteiger partial charge is 0.261 e. The van der Waals surface area contributed by atoms with Crippen LogP contribution in [-0.2, 0) is 4.79 Å². The number of piperazine rings is 1. The Bertz CT molecular complexity index is 474. The van der Waals surface area contributed by atoms with Gasteiger partial charge in [0.1, 0.15) is 0 Å². The number of benzene rings is 1. The summed E-state index contributed by atoms with van der Waals surface area (Å²) in [5, 5.41) is 3.30. The van der Waals surface area contributed by atoms with Crippen molar-refractivity contribution in [1.29, 1.82) is 0 Å². The lowest BCUT2D eigenvalue weighted by Gasteiger charge is -2.42. The number of ether oxygens (including phenoxy) is 2. The molecule has 1 heterocycles. The second-order valence-corrected chi connectivity index (χ2v) is 5.47. The molecular formula is C15H22N2O3. The molecule has 0 saturated carbocycles. The van der Waals surface area contributed by atoms with E-state index in [1.807, 2.05) is 23.1 Å². The van der Waals surface area contributed by atoms with Crippen LogP contribution in [0.1, 0.15) is 13.8 Å². The summed E-state index contributed by atoms with van der Waals surface area (Å²) in [4.78, 5) is 14.2. The Morgan fingerprint density at radius 3 is 2.70 bits per heavy atom. The highest BCUT2D eigenvalue weighted by Gasteiger charge is 2.33. The number of para-hydroxylation sites is 2. The molecule has 0 unspecified atom stereocenters. The van der Waals surface area contributed by atoms with E-state index >= 15 is 0 Å². The molecule has 5 nitrogen and oxygen atoms in total. The first kappa shape index (κ1) is 14.7. The van der Waals surface area contributed by atoms with Gasteiger partial charge in [-0.25, -0.2) is 0 Å². The molecule has 1 aromatic rings. The van der Waals surface area contributed by atoms with Crippen molar-refractivity contribution in [2.45, 2.75) is 19.4 Å². The minimum Gasteiger partial charge on any atom is -0.493 e. The van der Waals surface area contributed by atoms with Crippen molar-refractivity contribution in [3.8, 4) is 11.5 Å². The van der Waals surface area contributed by atoms with Crippen molar-refractivity contribution in [1.82, 2.24) is 10.2 Å². The van der Waals surface area contributed by atoms with Crippen molar-refractivity contribution in [3.63, 3.8) is 0 Å². The highest BCUT2D eigenvalue weighted by Crippen LogP contribution is 2.26. The standard InChI is InChI=1S/C15H22N2O3/c1-15(2)11-16-8-9-17(15)14(18)10-20-13-7-5-4-6-12(13)19-3/h4-7,16H,8-11H2,1-3H3. The molecule has 1 aliphatic rings. The van der Waals surface area contributed by atoms with E-state index in [1.165, 1.54) is 0 Å². The van der Waals surface area contributed by atoms with E-state index in [4.69, 9.17) is 9.47 Å². The van der Waals surface area contributed by atoms with Crippen LogP contribution < -0.4 is 14.8 Å². The van der Waals surface area contributed by atoms with Crippen LogP contribution in [0, 0.1) is 0 Å². The zero-order valence-corrected chi connectivity index (χ0v) is 12.3. The fourth-order valence-electron chi connectivity index (χ4n) is 2.40. The number of carbonyl (C=O) groups is 1. The van der Waals surface area contributed by atoms with Gasteiger partial charge < -0.3 is 19.7 Å². The van der Waals surface area contributed by atoms with Crippen LogP contribution in [-0.4, -0.2) is 49.7 Å². The van der Waals surface area contributed by atoms with Crippen molar-refractivity contribution < 1.29 is 14.3 Å². The van der Waals surface area contributed by atoms with E-state index in [1.54, 1.807) is 13.2 Å². The molecule has 1 fully saturated rings. The summed E-state index contributed by atoms with van der Waals surface area (Å²) in [5.41, 5.74) is -0.181. The number of nitrogens with zero attached hydrogens (tertiary/aromatic N) is 1. The molecule has 1 N–H and O–H groups in total. The molecular weight excluding hydrogens is 256 g/mol. The van der Waals surface area contributed by atoms with Gasteiger partial charge in [-0.2, -0.15) is 0 Å². The molecule has 20 heavy (non-hydrogen) atoms. The normalized spacial score (nSPS) is 17.6. The van der Waals surface area contributed by atoms with Crippen LogP contribution in [0.2, 0.25) is 0 Å². The number of hydrogen-bond donors (Lipinski definition) is 1. The summed E-state index contributed by atoms with van der Waals surface area (Å²) in [5.74, 6) is 1.23. The quantitative estimate of drug-likeness (QED) is 0.901. The lowest BCUT2D eigenvalue weighted by atomic mass is 10.0. The second-order valence-electron chi connectivity index (χ2n) is 5.47. The average Bonchev–Trinajstić information content (AvgIpc) is 2.44. The lowest BCUT2D eigenvalue weighted by molar-refractivity contribution is -0.139. The first-order valence-corrected chi connectivity index (χ1v) is 6.81. The largest absolute Gasteiger partial charge is 0.493 e. The summed E-state index contributed by atoms with van der Waals surface area (Å²) in [7, 11) is 1.59. The predicted octanol–water partition coefficient (Wildman–Crippen LogP) is 1.28. The molecule has 1 saturated heterocycles. The SMILES string of the molecule is COc1ccccc1OCC(=O)N1CCNCC1(C)C. The van der Waals surface area contributed by atoms with Gasteiger partial charge in [0.05, 0.1) is 7.11 Å². The molecule has 5 heteroatoms. The molecule has 1 aliphatic heterocycles. The maximum absolute atomic E-state index is 12.3. The van der Waals surface area contributed by atoms with E-state index in [9.17, 15) is 4.79 Å². The second kappa shape index (κ2) is 6.13. The van der Waals surface area contributed by atoms with Crippen LogP contribution in [0.5, 0.6) is 11.5 Å². The van der Waals surface area contributed by atoms with Gasteiger partial charge in [0.15, 0.2) is 18.1 Å². The Hall–Kier alpha value is -1.75. The van der Waals surface area contributed by atoms with Crippen LogP contribution >= 0.6 is 0 Å².